The van der Waals surface area contributed by atoms with Gasteiger partial charge in [0.25, 0.3) is 0 Å². The summed E-state index contributed by atoms with van der Waals surface area (Å²) in [5.74, 6) is 1.36. The van der Waals surface area contributed by atoms with Crippen molar-refractivity contribution in [3.63, 3.8) is 0 Å². The minimum atomic E-state index is 0.347. The number of pyridine rings is 1. The van der Waals surface area contributed by atoms with Crippen LogP contribution in [0.5, 0.6) is 0 Å². The highest BCUT2D eigenvalue weighted by Gasteiger charge is 2.21. The number of likely N-dealkylation sites (tertiary alicyclic amines) is 1. The topological polar surface area (TPSA) is 33.2 Å². The molecule has 0 bridgehead atoms. The van der Waals surface area contributed by atoms with E-state index < -0.39 is 0 Å². The number of piperidine rings is 1. The lowest BCUT2D eigenvalue weighted by Gasteiger charge is -2.27. The summed E-state index contributed by atoms with van der Waals surface area (Å²) in [7, 11) is 0. The van der Waals surface area contributed by atoms with Gasteiger partial charge in [0.05, 0.1) is 0 Å². The second-order valence-electron chi connectivity index (χ2n) is 6.89. The first kappa shape index (κ1) is 17.0. The first-order valence-corrected chi connectivity index (χ1v) is 8.79. The molecule has 1 aliphatic rings. The molecule has 1 unspecified atom stereocenters. The van der Waals surface area contributed by atoms with E-state index in [2.05, 4.69) is 36.7 Å². The summed E-state index contributed by atoms with van der Waals surface area (Å²) >= 11 is 0. The van der Waals surface area contributed by atoms with E-state index in [-0.39, 0.29) is 0 Å². The lowest BCUT2D eigenvalue weighted by Crippen LogP contribution is -2.35. The quantitative estimate of drug-likeness (QED) is 0.784. The number of hydrogen-bond acceptors (Lipinski definition) is 2. The Labute approximate surface area is 135 Å². The maximum atomic E-state index is 12.3. The molecule has 3 nitrogen and oxygen atoms in total. The van der Waals surface area contributed by atoms with Crippen LogP contribution in [-0.4, -0.2) is 28.9 Å². The Morgan fingerprint density at radius 1 is 1.27 bits per heavy atom. The minimum Gasteiger partial charge on any atom is -0.343 e. The van der Waals surface area contributed by atoms with Gasteiger partial charge in [-0.1, -0.05) is 19.9 Å². The van der Waals surface area contributed by atoms with Gasteiger partial charge in [-0.3, -0.25) is 9.78 Å². The van der Waals surface area contributed by atoms with E-state index >= 15 is 0 Å². The summed E-state index contributed by atoms with van der Waals surface area (Å²) in [4.78, 5) is 18.9. The third-order valence-electron chi connectivity index (χ3n) is 4.82. The van der Waals surface area contributed by atoms with Crippen LogP contribution in [0.25, 0.3) is 0 Å². The van der Waals surface area contributed by atoms with Gasteiger partial charge < -0.3 is 4.90 Å². The number of carbonyl (C=O) groups excluding carboxylic acids is 1. The molecular weight excluding hydrogens is 272 g/mol. The molecule has 1 aliphatic heterocycles. The van der Waals surface area contributed by atoms with E-state index in [0.717, 1.165) is 25.9 Å². The van der Waals surface area contributed by atoms with Crippen LogP contribution >= 0.6 is 0 Å². The molecule has 1 fully saturated rings. The SMILES string of the molecule is Cc1cccnc1C(CCCC(=O)N1CCCCC1)C(C)C. The zero-order valence-corrected chi connectivity index (χ0v) is 14.3. The summed E-state index contributed by atoms with van der Waals surface area (Å²) in [5.41, 5.74) is 2.48. The molecule has 22 heavy (non-hydrogen) atoms. The van der Waals surface area contributed by atoms with Crippen molar-refractivity contribution in [2.75, 3.05) is 13.1 Å². The third kappa shape index (κ3) is 4.56. The maximum absolute atomic E-state index is 12.3. The van der Waals surface area contributed by atoms with Gasteiger partial charge in [-0.2, -0.15) is 0 Å². The molecule has 0 aromatic carbocycles. The molecule has 2 heterocycles. The molecule has 2 rings (SSSR count). The maximum Gasteiger partial charge on any atom is 0.222 e. The van der Waals surface area contributed by atoms with Gasteiger partial charge in [0.1, 0.15) is 0 Å². The van der Waals surface area contributed by atoms with Gasteiger partial charge in [0.15, 0.2) is 0 Å². The molecule has 122 valence electrons. The van der Waals surface area contributed by atoms with Crippen LogP contribution < -0.4 is 0 Å². The van der Waals surface area contributed by atoms with Crippen molar-refractivity contribution >= 4 is 5.91 Å². The van der Waals surface area contributed by atoms with Crippen LogP contribution in [0.2, 0.25) is 0 Å². The van der Waals surface area contributed by atoms with Crippen LogP contribution in [0.4, 0.5) is 0 Å². The van der Waals surface area contributed by atoms with Crippen molar-refractivity contribution < 1.29 is 4.79 Å². The number of aromatic nitrogens is 1. The molecule has 0 aliphatic carbocycles. The summed E-state index contributed by atoms with van der Waals surface area (Å²) in [5, 5.41) is 0. The van der Waals surface area contributed by atoms with Crippen LogP contribution in [0, 0.1) is 12.8 Å². The first-order chi connectivity index (χ1) is 10.6. The second kappa shape index (κ2) is 8.30. The van der Waals surface area contributed by atoms with Crippen molar-refractivity contribution in [3.8, 4) is 0 Å². The zero-order valence-electron chi connectivity index (χ0n) is 14.3. The van der Waals surface area contributed by atoms with Gasteiger partial charge in [-0.05, 0) is 56.6 Å². The largest absolute Gasteiger partial charge is 0.343 e. The highest BCUT2D eigenvalue weighted by Crippen LogP contribution is 2.30. The van der Waals surface area contributed by atoms with Crippen molar-refractivity contribution in [1.82, 2.24) is 9.88 Å². The Bertz CT molecular complexity index is 478. The van der Waals surface area contributed by atoms with Crippen molar-refractivity contribution in [2.45, 2.75) is 65.2 Å². The van der Waals surface area contributed by atoms with E-state index in [1.165, 1.54) is 30.5 Å². The Morgan fingerprint density at radius 2 is 2.00 bits per heavy atom. The summed E-state index contributed by atoms with van der Waals surface area (Å²) < 4.78 is 0. The summed E-state index contributed by atoms with van der Waals surface area (Å²) in [6, 6.07) is 4.13. The fourth-order valence-electron chi connectivity index (χ4n) is 3.45. The number of carbonyl (C=O) groups is 1. The molecule has 1 saturated heterocycles. The van der Waals surface area contributed by atoms with Crippen molar-refractivity contribution in [1.29, 1.82) is 0 Å². The zero-order chi connectivity index (χ0) is 15.9. The molecule has 1 amide bonds. The number of amides is 1. The summed E-state index contributed by atoms with van der Waals surface area (Å²) in [6.07, 6.45) is 8.22. The number of hydrogen-bond donors (Lipinski definition) is 0. The lowest BCUT2D eigenvalue weighted by atomic mass is 9.85. The molecule has 0 saturated carbocycles. The molecule has 1 atom stereocenters. The standard InChI is InChI=1S/C19H30N2O/c1-15(2)17(19-16(3)9-8-12-20-19)10-7-11-18(22)21-13-5-4-6-14-21/h8-9,12,15,17H,4-7,10-11,13-14H2,1-3H3. The molecule has 0 radical (unpaired) electrons. The van der Waals surface area contributed by atoms with Crippen LogP contribution in [0.3, 0.4) is 0 Å². The molecule has 3 heteroatoms. The minimum absolute atomic E-state index is 0.347. The van der Waals surface area contributed by atoms with Gasteiger partial charge >= 0.3 is 0 Å². The van der Waals surface area contributed by atoms with E-state index in [1.54, 1.807) is 0 Å². The van der Waals surface area contributed by atoms with Crippen LogP contribution in [0.15, 0.2) is 18.3 Å². The predicted molar refractivity (Wildman–Crippen MR) is 90.8 cm³/mol. The van der Waals surface area contributed by atoms with E-state index in [0.29, 0.717) is 24.2 Å². The Hall–Kier alpha value is -1.38. The van der Waals surface area contributed by atoms with Crippen LogP contribution in [-0.2, 0) is 4.79 Å². The fraction of sp³-hybridized carbons (Fsp3) is 0.684. The van der Waals surface area contributed by atoms with Crippen molar-refractivity contribution in [2.24, 2.45) is 5.92 Å². The lowest BCUT2D eigenvalue weighted by molar-refractivity contribution is -0.132. The monoisotopic (exact) mass is 302 g/mol. The number of nitrogens with zero attached hydrogens (tertiary/aromatic N) is 2. The van der Waals surface area contributed by atoms with Crippen LogP contribution in [0.1, 0.15) is 69.5 Å². The molecule has 0 spiro atoms. The Kier molecular flexibility index (Phi) is 6.41. The van der Waals surface area contributed by atoms with Crippen molar-refractivity contribution in [3.05, 3.63) is 29.6 Å². The smallest absolute Gasteiger partial charge is 0.222 e. The predicted octanol–water partition coefficient (Wildman–Crippen LogP) is 4.31. The van der Waals surface area contributed by atoms with Gasteiger partial charge in [0.2, 0.25) is 5.91 Å². The normalized spacial score (nSPS) is 16.8. The van der Waals surface area contributed by atoms with Gasteiger partial charge in [-0.15, -0.1) is 0 Å². The van der Waals surface area contributed by atoms with E-state index in [1.807, 2.05) is 12.3 Å². The fourth-order valence-corrected chi connectivity index (χ4v) is 3.45. The third-order valence-corrected chi connectivity index (χ3v) is 4.82. The molecule has 0 N–H and O–H groups in total. The number of rotatable bonds is 6. The number of aryl methyl sites for hydroxylation is 1. The highest BCUT2D eigenvalue weighted by atomic mass is 16.2. The van der Waals surface area contributed by atoms with E-state index in [4.69, 9.17) is 0 Å². The van der Waals surface area contributed by atoms with E-state index in [9.17, 15) is 4.79 Å². The average molecular weight is 302 g/mol. The second-order valence-corrected chi connectivity index (χ2v) is 6.89. The Balaban J connectivity index is 1.87. The highest BCUT2D eigenvalue weighted by molar-refractivity contribution is 5.76. The summed E-state index contributed by atoms with van der Waals surface area (Å²) in [6.45, 7) is 8.57. The Morgan fingerprint density at radius 3 is 2.64 bits per heavy atom. The molecular formula is C19H30N2O. The van der Waals surface area contributed by atoms with Gasteiger partial charge in [-0.25, -0.2) is 0 Å². The molecule has 1 aromatic heterocycles. The molecule has 1 aromatic rings. The average Bonchev–Trinajstić information content (AvgIpc) is 2.53. The first-order valence-electron chi connectivity index (χ1n) is 8.79. The van der Waals surface area contributed by atoms with Gasteiger partial charge in [0, 0.05) is 37.3 Å².